The predicted molar refractivity (Wildman–Crippen MR) is 137 cm³/mol. The fraction of sp³-hybridized carbons (Fsp3) is 0.194. The molecular weight excluding hydrogens is 400 g/mol. The van der Waals surface area contributed by atoms with Gasteiger partial charge in [-0.2, -0.15) is 0 Å². The number of likely N-dealkylation sites (tertiary alicyclic amines) is 1. The van der Waals surface area contributed by atoms with Crippen molar-refractivity contribution in [3.63, 3.8) is 0 Å². The number of rotatable bonds is 6. The minimum absolute atomic E-state index is 0.287. The lowest BCUT2D eigenvalue weighted by atomic mass is 10.0. The van der Waals surface area contributed by atoms with Crippen LogP contribution in [0.5, 0.6) is 0 Å². The molecule has 2 nitrogen and oxygen atoms in total. The molecule has 33 heavy (non-hydrogen) atoms. The van der Waals surface area contributed by atoms with Crippen LogP contribution in [0.3, 0.4) is 0 Å². The molecule has 0 amide bonds. The van der Waals surface area contributed by atoms with Crippen LogP contribution in [0.2, 0.25) is 0 Å². The number of hydrogen-bond donors (Lipinski definition) is 0. The summed E-state index contributed by atoms with van der Waals surface area (Å²) >= 11 is 0. The maximum atomic E-state index is 3.85. The largest absolute Gasteiger partial charge is 0.315 e. The number of nitrogens with zero attached hydrogens (tertiary/aromatic N) is 2. The summed E-state index contributed by atoms with van der Waals surface area (Å²) in [5.41, 5.74) is 7.44. The number of hydrogen-bond acceptors (Lipinski definition) is 2. The highest BCUT2D eigenvalue weighted by atomic mass is 15.4. The first-order chi connectivity index (χ1) is 16.2. The van der Waals surface area contributed by atoms with Crippen molar-refractivity contribution in [2.24, 2.45) is 0 Å². The van der Waals surface area contributed by atoms with Crippen LogP contribution in [0.15, 0.2) is 109 Å². The topological polar surface area (TPSA) is 6.48 Å². The molecule has 1 aliphatic rings. The maximum Gasteiger partial charge on any atom is 0.183 e. The zero-order chi connectivity index (χ0) is 22.6. The maximum absolute atomic E-state index is 3.85. The van der Waals surface area contributed by atoms with Crippen molar-refractivity contribution in [2.45, 2.75) is 38.8 Å². The monoisotopic (exact) mass is 430 g/mol. The molecule has 1 fully saturated rings. The second-order valence-corrected chi connectivity index (χ2v) is 8.94. The lowest BCUT2D eigenvalue weighted by Crippen LogP contribution is -2.32. The van der Waals surface area contributed by atoms with E-state index in [1.165, 1.54) is 22.3 Å². The Kier molecular flexibility index (Phi) is 6.28. The lowest BCUT2D eigenvalue weighted by molar-refractivity contribution is 0.245. The van der Waals surface area contributed by atoms with Gasteiger partial charge in [0, 0.05) is 23.5 Å². The zero-order valence-corrected chi connectivity index (χ0v) is 19.4. The van der Waals surface area contributed by atoms with Gasteiger partial charge < -0.3 is 4.90 Å². The fourth-order valence-corrected chi connectivity index (χ4v) is 4.72. The molecule has 0 unspecified atom stereocenters. The van der Waals surface area contributed by atoms with Gasteiger partial charge in [0.2, 0.25) is 0 Å². The molecule has 0 spiro atoms. The summed E-state index contributed by atoms with van der Waals surface area (Å²) in [6.07, 6.45) is 2.21. The molecular formula is C31H30N2. The Hall–Kier alpha value is -3.36. The minimum Gasteiger partial charge on any atom is -0.315 e. The fourth-order valence-electron chi connectivity index (χ4n) is 4.72. The normalized spacial score (nSPS) is 18.4. The molecule has 2 atom stereocenters. The van der Waals surface area contributed by atoms with Crippen molar-refractivity contribution in [1.29, 1.82) is 0 Å². The molecule has 1 saturated heterocycles. The molecule has 164 valence electrons. The van der Waals surface area contributed by atoms with E-state index in [0.717, 1.165) is 24.2 Å². The van der Waals surface area contributed by atoms with Gasteiger partial charge in [-0.25, -0.2) is 0 Å². The number of anilines is 2. The van der Waals surface area contributed by atoms with E-state index in [-0.39, 0.29) is 12.1 Å². The Bertz CT molecular complexity index is 1060. The third-order valence-corrected chi connectivity index (χ3v) is 6.55. The van der Waals surface area contributed by atoms with Crippen molar-refractivity contribution in [1.82, 2.24) is 4.90 Å². The molecule has 0 aliphatic carbocycles. The Balaban J connectivity index is 1.55. The van der Waals surface area contributed by atoms with Gasteiger partial charge in [-0.1, -0.05) is 96.1 Å². The number of aryl methyl sites for hydroxylation is 2. The minimum atomic E-state index is 0.287. The highest BCUT2D eigenvalue weighted by Crippen LogP contribution is 2.46. The highest BCUT2D eigenvalue weighted by Gasteiger charge is 2.37. The van der Waals surface area contributed by atoms with Crippen LogP contribution >= 0.6 is 0 Å². The van der Waals surface area contributed by atoms with Crippen LogP contribution in [-0.4, -0.2) is 4.90 Å². The van der Waals surface area contributed by atoms with Crippen LogP contribution < -0.4 is 4.90 Å². The molecule has 0 bridgehead atoms. The molecule has 5 rings (SSSR count). The van der Waals surface area contributed by atoms with Gasteiger partial charge in [-0.3, -0.25) is 4.90 Å². The molecule has 0 N–H and O–H groups in total. The first-order valence-corrected chi connectivity index (χ1v) is 11.8. The summed E-state index contributed by atoms with van der Waals surface area (Å²) < 4.78 is 0. The van der Waals surface area contributed by atoms with Crippen LogP contribution in [0.4, 0.5) is 11.4 Å². The van der Waals surface area contributed by atoms with Gasteiger partial charge in [0.15, 0.2) is 6.67 Å². The summed E-state index contributed by atoms with van der Waals surface area (Å²) in [5.74, 6) is 0. The van der Waals surface area contributed by atoms with Crippen LogP contribution in [0.1, 0.15) is 47.2 Å². The van der Waals surface area contributed by atoms with E-state index in [1.807, 2.05) is 0 Å². The summed E-state index contributed by atoms with van der Waals surface area (Å²) in [6, 6.07) is 39.7. The third kappa shape index (κ3) is 4.72. The molecule has 4 aromatic carbocycles. The van der Waals surface area contributed by atoms with Gasteiger partial charge >= 0.3 is 0 Å². The molecule has 1 heterocycles. The van der Waals surface area contributed by atoms with Gasteiger partial charge in [0.1, 0.15) is 0 Å². The summed E-state index contributed by atoms with van der Waals surface area (Å²) in [7, 11) is 0. The Morgan fingerprint density at radius 2 is 0.970 bits per heavy atom. The van der Waals surface area contributed by atoms with E-state index < -0.39 is 0 Å². The second-order valence-electron chi connectivity index (χ2n) is 8.94. The van der Waals surface area contributed by atoms with Gasteiger partial charge in [0.25, 0.3) is 0 Å². The quantitative estimate of drug-likeness (QED) is 0.286. The van der Waals surface area contributed by atoms with Crippen molar-refractivity contribution < 1.29 is 0 Å². The zero-order valence-electron chi connectivity index (χ0n) is 19.4. The smallest absolute Gasteiger partial charge is 0.183 e. The predicted octanol–water partition coefficient (Wildman–Crippen LogP) is 8.02. The molecule has 0 saturated carbocycles. The molecule has 0 aromatic heterocycles. The third-order valence-electron chi connectivity index (χ3n) is 6.55. The average Bonchev–Trinajstić information content (AvgIpc) is 3.28. The number of benzene rings is 4. The first-order valence-electron chi connectivity index (χ1n) is 11.8. The Morgan fingerprint density at radius 3 is 1.36 bits per heavy atom. The first kappa shape index (κ1) is 21.5. The highest BCUT2D eigenvalue weighted by molar-refractivity contribution is 5.65. The van der Waals surface area contributed by atoms with Crippen LogP contribution in [0, 0.1) is 20.5 Å². The van der Waals surface area contributed by atoms with Gasteiger partial charge in [-0.15, -0.1) is 0 Å². The second kappa shape index (κ2) is 9.64. The van der Waals surface area contributed by atoms with Crippen molar-refractivity contribution in [2.75, 3.05) is 4.90 Å². The summed E-state index contributed by atoms with van der Waals surface area (Å²) in [4.78, 5) is 4.67. The van der Waals surface area contributed by atoms with Crippen LogP contribution in [-0.2, 0) is 0 Å². The summed E-state index contributed by atoms with van der Waals surface area (Å²) in [5, 5.41) is 0. The van der Waals surface area contributed by atoms with Gasteiger partial charge in [-0.05, 0) is 62.1 Å². The average molecular weight is 431 g/mol. The van der Waals surface area contributed by atoms with E-state index in [4.69, 9.17) is 0 Å². The van der Waals surface area contributed by atoms with E-state index in [9.17, 15) is 0 Å². The molecule has 2 heteroatoms. The molecule has 1 aliphatic heterocycles. The standard InChI is InChI=1S/C31H30N2/c1-24-13-17-28(18-14-24)32(29-19-15-25(2)16-20-29)23-33-30(26-9-5-3-6-10-26)21-22-31(33)27-11-7-4-8-12-27/h3-20,30-31H,21-22H2,1-2H3/t30-,31-/m1/s1. The van der Waals surface area contributed by atoms with E-state index >= 15 is 0 Å². The molecule has 4 aromatic rings. The summed E-state index contributed by atoms with van der Waals surface area (Å²) in [6.45, 7) is 8.11. The van der Waals surface area contributed by atoms with E-state index in [0.29, 0.717) is 0 Å². The van der Waals surface area contributed by atoms with Crippen molar-refractivity contribution in [3.8, 4) is 0 Å². The Labute approximate surface area is 198 Å². The lowest BCUT2D eigenvalue weighted by Gasteiger charge is -2.35. The van der Waals surface area contributed by atoms with Crippen LogP contribution in [0.25, 0.3) is 0 Å². The Morgan fingerprint density at radius 1 is 0.576 bits per heavy atom. The van der Waals surface area contributed by atoms with E-state index in [2.05, 4.69) is 140 Å². The molecule has 2 radical (unpaired) electrons. The van der Waals surface area contributed by atoms with Crippen molar-refractivity contribution in [3.05, 3.63) is 138 Å². The SMILES string of the molecule is Cc1ccc(N([C]N2[C@@H](c3ccccc3)CC[C@@H]2c2ccccc2)c2ccc(C)cc2)cc1. The van der Waals surface area contributed by atoms with Crippen molar-refractivity contribution >= 4 is 11.4 Å². The van der Waals surface area contributed by atoms with Gasteiger partial charge in [0.05, 0.1) is 0 Å². The van der Waals surface area contributed by atoms with E-state index in [1.54, 1.807) is 0 Å².